The summed E-state index contributed by atoms with van der Waals surface area (Å²) in [6.07, 6.45) is -2.12. The molecule has 0 saturated carbocycles. The zero-order chi connectivity index (χ0) is 29.0. The number of phenols is 1. The standard InChI is InChI=1S/C22H31N7O9/c23-12(8-17(25)32)19(34)27-13(5-6-16(24)31)20(35)28-14(7-10-1-3-11(30)4-2-10)21(36)29-15(22(37)38)9-18(26)33/h1-4,12-15,30H,5-9,23H2,(H2,24,31)(H2,25,32)(H2,26,33)(H,27,34)(H,28,35)(H,29,36)(H,37,38). The highest BCUT2D eigenvalue weighted by atomic mass is 16.4. The molecule has 1 aromatic carbocycles. The normalized spacial score (nSPS) is 13.7. The van der Waals surface area contributed by atoms with Crippen molar-refractivity contribution in [1.29, 1.82) is 0 Å². The summed E-state index contributed by atoms with van der Waals surface area (Å²) in [5, 5.41) is 25.5. The van der Waals surface area contributed by atoms with Crippen molar-refractivity contribution >= 4 is 41.4 Å². The Balaban J connectivity index is 3.20. The van der Waals surface area contributed by atoms with Gasteiger partial charge in [-0.1, -0.05) is 12.1 Å². The zero-order valence-electron chi connectivity index (χ0n) is 20.2. The quantitative estimate of drug-likeness (QED) is 0.0979. The first-order chi connectivity index (χ1) is 17.7. The highest BCUT2D eigenvalue weighted by Gasteiger charge is 2.31. The molecule has 0 aliphatic heterocycles. The van der Waals surface area contributed by atoms with E-state index in [0.29, 0.717) is 5.56 Å². The van der Waals surface area contributed by atoms with Crippen molar-refractivity contribution in [3.05, 3.63) is 29.8 Å². The number of aromatic hydroxyl groups is 1. The summed E-state index contributed by atoms with van der Waals surface area (Å²) in [4.78, 5) is 83.4. The Morgan fingerprint density at radius 1 is 0.711 bits per heavy atom. The number of nitrogens with two attached hydrogens (primary N) is 4. The predicted molar refractivity (Wildman–Crippen MR) is 129 cm³/mol. The summed E-state index contributed by atoms with van der Waals surface area (Å²) < 4.78 is 0. The van der Waals surface area contributed by atoms with Gasteiger partial charge in [0, 0.05) is 12.8 Å². The van der Waals surface area contributed by atoms with Gasteiger partial charge in [-0.15, -0.1) is 0 Å². The Labute approximate surface area is 216 Å². The molecular formula is C22H31N7O9. The minimum absolute atomic E-state index is 0.0762. The van der Waals surface area contributed by atoms with Gasteiger partial charge in [0.15, 0.2) is 0 Å². The van der Waals surface area contributed by atoms with Gasteiger partial charge in [-0.25, -0.2) is 4.79 Å². The molecule has 0 aromatic heterocycles. The van der Waals surface area contributed by atoms with Crippen LogP contribution < -0.4 is 38.9 Å². The maximum Gasteiger partial charge on any atom is 0.326 e. The molecule has 0 aliphatic carbocycles. The van der Waals surface area contributed by atoms with E-state index in [1.165, 1.54) is 24.3 Å². The molecule has 13 N–H and O–H groups in total. The Morgan fingerprint density at radius 3 is 1.71 bits per heavy atom. The van der Waals surface area contributed by atoms with Crippen molar-refractivity contribution in [2.24, 2.45) is 22.9 Å². The predicted octanol–water partition coefficient (Wildman–Crippen LogP) is -4.18. The van der Waals surface area contributed by atoms with Gasteiger partial charge in [-0.05, 0) is 24.1 Å². The van der Waals surface area contributed by atoms with Gasteiger partial charge in [0.1, 0.15) is 23.9 Å². The molecule has 4 atom stereocenters. The van der Waals surface area contributed by atoms with Crippen LogP contribution in [0.15, 0.2) is 24.3 Å². The fraction of sp³-hybridized carbons (Fsp3) is 0.409. The molecule has 1 aromatic rings. The van der Waals surface area contributed by atoms with E-state index in [-0.39, 0.29) is 25.0 Å². The molecule has 0 bridgehead atoms. The molecule has 16 nitrogen and oxygen atoms in total. The van der Waals surface area contributed by atoms with Crippen molar-refractivity contribution in [1.82, 2.24) is 16.0 Å². The second-order valence-corrected chi connectivity index (χ2v) is 8.34. The lowest BCUT2D eigenvalue weighted by Gasteiger charge is -2.25. The average Bonchev–Trinajstić information content (AvgIpc) is 2.80. The first kappa shape index (κ1) is 31.3. The van der Waals surface area contributed by atoms with E-state index < -0.39 is 78.4 Å². The average molecular weight is 538 g/mol. The molecule has 0 fully saturated rings. The fourth-order valence-corrected chi connectivity index (χ4v) is 3.17. The number of aliphatic carboxylic acids is 1. The molecule has 4 unspecified atom stereocenters. The molecule has 0 aliphatic rings. The number of primary amides is 3. The Hall–Kier alpha value is -4.73. The smallest absolute Gasteiger partial charge is 0.326 e. The maximum atomic E-state index is 13.1. The van der Waals surface area contributed by atoms with Gasteiger partial charge in [-0.2, -0.15) is 0 Å². The minimum atomic E-state index is -1.70. The number of nitrogens with one attached hydrogen (secondary N) is 3. The van der Waals surface area contributed by atoms with E-state index in [0.717, 1.165) is 0 Å². The highest BCUT2D eigenvalue weighted by molar-refractivity contribution is 5.96. The number of carbonyl (C=O) groups excluding carboxylic acids is 6. The van der Waals surface area contributed by atoms with Crippen LogP contribution in [0.2, 0.25) is 0 Å². The minimum Gasteiger partial charge on any atom is -0.508 e. The fourth-order valence-electron chi connectivity index (χ4n) is 3.17. The first-order valence-electron chi connectivity index (χ1n) is 11.2. The number of carbonyl (C=O) groups is 7. The Kier molecular flexibility index (Phi) is 12.1. The third kappa shape index (κ3) is 11.3. The number of hydrogen-bond donors (Lipinski definition) is 9. The summed E-state index contributed by atoms with van der Waals surface area (Å²) in [5.41, 5.74) is 21.2. The van der Waals surface area contributed by atoms with Gasteiger partial charge in [0.25, 0.3) is 0 Å². The molecule has 38 heavy (non-hydrogen) atoms. The topological polar surface area (TPSA) is 300 Å². The lowest BCUT2D eigenvalue weighted by molar-refractivity contribution is -0.143. The van der Waals surface area contributed by atoms with E-state index >= 15 is 0 Å². The number of hydrogen-bond acceptors (Lipinski definition) is 9. The highest BCUT2D eigenvalue weighted by Crippen LogP contribution is 2.12. The van der Waals surface area contributed by atoms with Crippen LogP contribution in [0.1, 0.15) is 31.2 Å². The largest absolute Gasteiger partial charge is 0.508 e. The van der Waals surface area contributed by atoms with Crippen LogP contribution >= 0.6 is 0 Å². The van der Waals surface area contributed by atoms with E-state index in [9.17, 15) is 43.8 Å². The number of amides is 6. The molecule has 6 amide bonds. The van der Waals surface area contributed by atoms with E-state index in [1.54, 1.807) is 0 Å². The molecule has 208 valence electrons. The molecule has 0 saturated heterocycles. The Bertz CT molecular complexity index is 1060. The maximum absolute atomic E-state index is 13.1. The third-order valence-electron chi connectivity index (χ3n) is 5.10. The zero-order valence-corrected chi connectivity index (χ0v) is 20.2. The summed E-state index contributed by atoms with van der Waals surface area (Å²) in [6.45, 7) is 0. The van der Waals surface area contributed by atoms with E-state index in [1.807, 2.05) is 0 Å². The number of benzene rings is 1. The molecule has 0 radical (unpaired) electrons. The van der Waals surface area contributed by atoms with Crippen molar-refractivity contribution in [3.63, 3.8) is 0 Å². The summed E-state index contributed by atoms with van der Waals surface area (Å²) >= 11 is 0. The second-order valence-electron chi connectivity index (χ2n) is 8.34. The monoisotopic (exact) mass is 537 g/mol. The van der Waals surface area contributed by atoms with Gasteiger partial charge < -0.3 is 49.1 Å². The van der Waals surface area contributed by atoms with Crippen LogP contribution in [0, 0.1) is 0 Å². The SMILES string of the molecule is NC(=O)CCC(NC(=O)C(N)CC(N)=O)C(=O)NC(Cc1ccc(O)cc1)C(=O)NC(CC(N)=O)C(=O)O. The number of carboxylic acids is 1. The Morgan fingerprint density at radius 2 is 1.21 bits per heavy atom. The summed E-state index contributed by atoms with van der Waals surface area (Å²) in [5.74, 6) is -7.22. The van der Waals surface area contributed by atoms with Gasteiger partial charge in [0.2, 0.25) is 35.4 Å². The van der Waals surface area contributed by atoms with Crippen LogP contribution in [0.4, 0.5) is 0 Å². The van der Waals surface area contributed by atoms with Gasteiger partial charge in [-0.3, -0.25) is 28.8 Å². The number of carboxylic acid groups (broad SMARTS) is 1. The second kappa shape index (κ2) is 14.7. The van der Waals surface area contributed by atoms with Gasteiger partial charge in [0.05, 0.1) is 18.9 Å². The number of phenolic OH excluding ortho intramolecular Hbond substituents is 1. The van der Waals surface area contributed by atoms with Crippen molar-refractivity contribution < 1.29 is 43.8 Å². The molecule has 0 heterocycles. The van der Waals surface area contributed by atoms with Crippen LogP contribution in [-0.4, -0.2) is 75.8 Å². The lowest BCUT2D eigenvalue weighted by Crippen LogP contribution is -2.58. The van der Waals surface area contributed by atoms with Crippen molar-refractivity contribution in [2.45, 2.75) is 56.3 Å². The molecule has 16 heteroatoms. The first-order valence-corrected chi connectivity index (χ1v) is 11.2. The van der Waals surface area contributed by atoms with Crippen LogP contribution in [0.5, 0.6) is 5.75 Å². The van der Waals surface area contributed by atoms with E-state index in [2.05, 4.69) is 16.0 Å². The van der Waals surface area contributed by atoms with Crippen molar-refractivity contribution in [2.75, 3.05) is 0 Å². The molecule has 0 spiro atoms. The molecule has 1 rings (SSSR count). The van der Waals surface area contributed by atoms with Crippen LogP contribution in [0.25, 0.3) is 0 Å². The summed E-state index contributed by atoms with van der Waals surface area (Å²) in [6, 6.07) is -0.484. The van der Waals surface area contributed by atoms with Crippen LogP contribution in [-0.2, 0) is 40.0 Å². The van der Waals surface area contributed by atoms with Crippen molar-refractivity contribution in [3.8, 4) is 5.75 Å². The molecular weight excluding hydrogens is 506 g/mol. The third-order valence-corrected chi connectivity index (χ3v) is 5.10. The lowest BCUT2D eigenvalue weighted by atomic mass is 10.0. The van der Waals surface area contributed by atoms with Gasteiger partial charge >= 0.3 is 5.97 Å². The number of rotatable bonds is 16. The summed E-state index contributed by atoms with van der Waals surface area (Å²) in [7, 11) is 0. The van der Waals surface area contributed by atoms with E-state index in [4.69, 9.17) is 22.9 Å². The van der Waals surface area contributed by atoms with Crippen LogP contribution in [0.3, 0.4) is 0 Å².